The first-order valence-electron chi connectivity index (χ1n) is 13.1. The average molecular weight is 505 g/mol. The Morgan fingerprint density at radius 1 is 0.972 bits per heavy atom. The lowest BCUT2D eigenvalue weighted by atomic mass is 9.99. The van der Waals surface area contributed by atoms with Crippen molar-refractivity contribution in [1.29, 1.82) is 0 Å². The third kappa shape index (κ3) is 5.98. The van der Waals surface area contributed by atoms with E-state index in [1.54, 1.807) is 0 Å². The van der Waals surface area contributed by atoms with Crippen molar-refractivity contribution in [2.45, 2.75) is 58.5 Å². The van der Waals surface area contributed by atoms with E-state index in [2.05, 4.69) is 40.3 Å². The second-order valence-electron chi connectivity index (χ2n) is 10.1. The van der Waals surface area contributed by atoms with Crippen LogP contribution >= 0.6 is 12.2 Å². The monoisotopic (exact) mass is 504 g/mol. The quantitative estimate of drug-likeness (QED) is 0.406. The van der Waals surface area contributed by atoms with Gasteiger partial charge in [-0.25, -0.2) is 0 Å². The number of hydrogen-bond acceptors (Lipinski definition) is 6. The Labute approximate surface area is 219 Å². The first-order valence-corrected chi connectivity index (χ1v) is 13.6. The van der Waals surface area contributed by atoms with Crippen LogP contribution in [0.25, 0.3) is 11.3 Å². The maximum Gasteiger partial charge on any atom is 0.232 e. The molecule has 0 bridgehead atoms. The highest BCUT2D eigenvalue weighted by atomic mass is 32.1. The highest BCUT2D eigenvalue weighted by Gasteiger charge is 2.24. The lowest BCUT2D eigenvalue weighted by molar-refractivity contribution is 0.436. The molecule has 2 saturated heterocycles. The minimum atomic E-state index is 0.471. The Kier molecular flexibility index (Phi) is 7.70. The Bertz CT molecular complexity index is 1160. The molecule has 1 unspecified atom stereocenters. The molecule has 0 radical (unpaired) electrons. The van der Waals surface area contributed by atoms with E-state index in [4.69, 9.17) is 26.6 Å². The highest BCUT2D eigenvalue weighted by molar-refractivity contribution is 7.80. The zero-order valence-electron chi connectivity index (χ0n) is 21.2. The molecular weight excluding hydrogens is 468 g/mol. The summed E-state index contributed by atoms with van der Waals surface area (Å²) >= 11 is 5.60. The molecule has 8 heteroatoms. The minimum Gasteiger partial charge on any atom is -0.459 e. The van der Waals surface area contributed by atoms with Crippen molar-refractivity contribution in [3.8, 4) is 11.3 Å². The standard InChI is InChI=1S/C28H36N6OS/c1-20-13-16-33(17-14-20)25-18-26(34-15-7-6-8-21(34)2)31-27(30-25)32-28(36)29-19-23-11-12-24(35-23)22-9-4-3-5-10-22/h3-5,9-12,18,20-21H,6-8,13-17,19H2,1-2H3,(H2,29,30,31,32,36). The summed E-state index contributed by atoms with van der Waals surface area (Å²) in [7, 11) is 0. The summed E-state index contributed by atoms with van der Waals surface area (Å²) in [5.41, 5.74) is 1.06. The van der Waals surface area contributed by atoms with Gasteiger partial charge in [-0.05, 0) is 69.3 Å². The van der Waals surface area contributed by atoms with E-state index in [0.717, 1.165) is 54.3 Å². The molecule has 3 aromatic rings. The number of rotatable bonds is 6. The van der Waals surface area contributed by atoms with E-state index in [9.17, 15) is 0 Å². The van der Waals surface area contributed by atoms with E-state index in [1.807, 2.05) is 42.5 Å². The second kappa shape index (κ2) is 11.3. The number of thiocarbonyl (C=S) groups is 1. The Balaban J connectivity index is 1.28. The van der Waals surface area contributed by atoms with Gasteiger partial charge in [-0.3, -0.25) is 0 Å². The molecular formula is C28H36N6OS. The number of furan rings is 1. The molecule has 2 aliphatic heterocycles. The van der Waals surface area contributed by atoms with Gasteiger partial charge in [-0.1, -0.05) is 37.3 Å². The van der Waals surface area contributed by atoms with Gasteiger partial charge >= 0.3 is 0 Å². The number of anilines is 3. The number of hydrogen-bond donors (Lipinski definition) is 2. The molecule has 36 heavy (non-hydrogen) atoms. The first-order chi connectivity index (χ1) is 17.5. The third-order valence-corrected chi connectivity index (χ3v) is 7.52. The molecule has 4 heterocycles. The van der Waals surface area contributed by atoms with Gasteiger partial charge in [0.1, 0.15) is 23.2 Å². The largest absolute Gasteiger partial charge is 0.459 e. The van der Waals surface area contributed by atoms with Crippen molar-refractivity contribution in [2.75, 3.05) is 34.8 Å². The summed E-state index contributed by atoms with van der Waals surface area (Å²) in [6.45, 7) is 8.18. The molecule has 1 atom stereocenters. The predicted molar refractivity (Wildman–Crippen MR) is 151 cm³/mol. The Morgan fingerprint density at radius 2 is 1.75 bits per heavy atom. The van der Waals surface area contributed by atoms with Gasteiger partial charge in [0, 0.05) is 37.3 Å². The fourth-order valence-electron chi connectivity index (χ4n) is 5.01. The minimum absolute atomic E-state index is 0.471. The Morgan fingerprint density at radius 3 is 2.53 bits per heavy atom. The predicted octanol–water partition coefficient (Wildman–Crippen LogP) is 5.84. The van der Waals surface area contributed by atoms with Crippen molar-refractivity contribution in [1.82, 2.24) is 15.3 Å². The number of aromatic nitrogens is 2. The molecule has 2 fully saturated rings. The van der Waals surface area contributed by atoms with Crippen molar-refractivity contribution >= 4 is 34.9 Å². The zero-order valence-corrected chi connectivity index (χ0v) is 22.1. The fraction of sp³-hybridized carbons (Fsp3) is 0.464. The highest BCUT2D eigenvalue weighted by Crippen LogP contribution is 2.29. The molecule has 5 rings (SSSR count). The molecule has 2 aromatic heterocycles. The summed E-state index contributed by atoms with van der Waals surface area (Å²) in [4.78, 5) is 14.5. The third-order valence-electron chi connectivity index (χ3n) is 7.27. The van der Waals surface area contributed by atoms with Crippen LogP contribution in [0.1, 0.15) is 51.7 Å². The van der Waals surface area contributed by atoms with E-state index in [0.29, 0.717) is 23.6 Å². The van der Waals surface area contributed by atoms with Crippen molar-refractivity contribution in [3.63, 3.8) is 0 Å². The first kappa shape index (κ1) is 24.6. The molecule has 0 spiro atoms. The molecule has 0 saturated carbocycles. The SMILES string of the molecule is CC1CCN(c2cc(N3CCCCC3C)nc(NC(=S)NCc3ccc(-c4ccccc4)o3)n2)CC1. The molecule has 2 aliphatic rings. The molecule has 7 nitrogen and oxygen atoms in total. The zero-order chi connectivity index (χ0) is 24.9. The lowest BCUT2D eigenvalue weighted by Crippen LogP contribution is -2.39. The molecule has 0 aliphatic carbocycles. The number of piperidine rings is 2. The normalized spacial score (nSPS) is 18.8. The smallest absolute Gasteiger partial charge is 0.232 e. The van der Waals surface area contributed by atoms with Gasteiger partial charge in [-0.2, -0.15) is 9.97 Å². The number of benzene rings is 1. The second-order valence-corrected chi connectivity index (χ2v) is 10.5. The number of nitrogens with zero attached hydrogens (tertiary/aromatic N) is 4. The summed E-state index contributed by atoms with van der Waals surface area (Å²) in [5.74, 6) is 4.93. The summed E-state index contributed by atoms with van der Waals surface area (Å²) in [6, 6.07) is 16.7. The van der Waals surface area contributed by atoms with Gasteiger partial charge in [0.15, 0.2) is 5.11 Å². The summed E-state index contributed by atoms with van der Waals surface area (Å²) < 4.78 is 5.99. The number of nitrogens with one attached hydrogen (secondary N) is 2. The van der Waals surface area contributed by atoms with Crippen molar-refractivity contribution in [3.05, 3.63) is 54.3 Å². The van der Waals surface area contributed by atoms with Crippen LogP contribution in [-0.4, -0.2) is 40.8 Å². The van der Waals surface area contributed by atoms with Crippen LogP contribution < -0.4 is 20.4 Å². The van der Waals surface area contributed by atoms with E-state index in [1.165, 1.54) is 32.1 Å². The van der Waals surface area contributed by atoms with E-state index in [-0.39, 0.29) is 0 Å². The summed E-state index contributed by atoms with van der Waals surface area (Å²) in [6.07, 6.45) is 6.04. The van der Waals surface area contributed by atoms with Crippen LogP contribution in [0.2, 0.25) is 0 Å². The van der Waals surface area contributed by atoms with Gasteiger partial charge in [0.25, 0.3) is 0 Å². The molecule has 2 N–H and O–H groups in total. The lowest BCUT2D eigenvalue weighted by Gasteiger charge is -2.36. The maximum atomic E-state index is 5.99. The summed E-state index contributed by atoms with van der Waals surface area (Å²) in [5, 5.41) is 6.96. The topological polar surface area (TPSA) is 69.5 Å². The van der Waals surface area contributed by atoms with Gasteiger partial charge in [-0.15, -0.1) is 0 Å². The van der Waals surface area contributed by atoms with Crippen LogP contribution in [0, 0.1) is 5.92 Å². The van der Waals surface area contributed by atoms with E-state index < -0.39 is 0 Å². The van der Waals surface area contributed by atoms with Gasteiger partial charge in [0.2, 0.25) is 5.95 Å². The maximum absolute atomic E-state index is 5.99. The van der Waals surface area contributed by atoms with E-state index >= 15 is 0 Å². The van der Waals surface area contributed by atoms with Gasteiger partial charge < -0.3 is 24.9 Å². The van der Waals surface area contributed by atoms with Crippen molar-refractivity contribution < 1.29 is 4.42 Å². The van der Waals surface area contributed by atoms with Crippen LogP contribution in [0.15, 0.2) is 52.9 Å². The fourth-order valence-corrected chi connectivity index (χ4v) is 5.17. The van der Waals surface area contributed by atoms with Crippen molar-refractivity contribution in [2.24, 2.45) is 5.92 Å². The average Bonchev–Trinajstić information content (AvgIpc) is 3.38. The van der Waals surface area contributed by atoms with Crippen LogP contribution in [0.5, 0.6) is 0 Å². The molecule has 0 amide bonds. The van der Waals surface area contributed by atoms with Crippen LogP contribution in [0.3, 0.4) is 0 Å². The molecule has 1 aromatic carbocycles. The molecule has 190 valence electrons. The van der Waals surface area contributed by atoms with Gasteiger partial charge in [0.05, 0.1) is 6.54 Å². The Hall–Kier alpha value is -3.13. The van der Waals surface area contributed by atoms with Crippen LogP contribution in [-0.2, 0) is 6.54 Å². The van der Waals surface area contributed by atoms with Crippen LogP contribution in [0.4, 0.5) is 17.6 Å².